The Morgan fingerprint density at radius 3 is 2.50 bits per heavy atom. The van der Waals surface area contributed by atoms with E-state index >= 15 is 0 Å². The molecule has 5 rings (SSSR count). The first-order valence-corrected chi connectivity index (χ1v) is 12.0. The van der Waals surface area contributed by atoms with Crippen molar-refractivity contribution in [1.82, 2.24) is 19.3 Å². The highest BCUT2D eigenvalue weighted by Gasteiger charge is 2.26. The Bertz CT molecular complexity index is 1480. The highest BCUT2D eigenvalue weighted by atomic mass is 19.3. The summed E-state index contributed by atoms with van der Waals surface area (Å²) >= 11 is 0. The van der Waals surface area contributed by atoms with Crippen LogP contribution in [0.4, 0.5) is 18.9 Å². The summed E-state index contributed by atoms with van der Waals surface area (Å²) in [6.07, 6.45) is 5.01. The Labute approximate surface area is 216 Å². The van der Waals surface area contributed by atoms with Crippen LogP contribution in [0.3, 0.4) is 0 Å². The van der Waals surface area contributed by atoms with Crippen molar-refractivity contribution in [3.8, 4) is 5.75 Å². The number of amides is 2. The molecule has 1 aliphatic rings. The summed E-state index contributed by atoms with van der Waals surface area (Å²) in [4.78, 5) is 35.9. The number of rotatable bonds is 6. The Morgan fingerprint density at radius 2 is 1.82 bits per heavy atom. The van der Waals surface area contributed by atoms with E-state index in [1.54, 1.807) is 35.5 Å². The molecule has 11 heteroatoms. The van der Waals surface area contributed by atoms with Crippen LogP contribution in [0.1, 0.15) is 50.9 Å². The fraction of sp³-hybridized carbons (Fsp3) is 0.259. The van der Waals surface area contributed by atoms with Gasteiger partial charge in [-0.1, -0.05) is 12.1 Å². The monoisotopic (exact) mass is 523 g/mol. The molecule has 8 nitrogen and oxygen atoms in total. The molecule has 1 fully saturated rings. The molecular weight excluding hydrogens is 499 g/mol. The molecule has 196 valence electrons. The van der Waals surface area contributed by atoms with E-state index in [4.69, 9.17) is 0 Å². The summed E-state index contributed by atoms with van der Waals surface area (Å²) in [5.74, 6) is -1.41. The number of nitrogens with one attached hydrogen (secondary N) is 1. The summed E-state index contributed by atoms with van der Waals surface area (Å²) in [6, 6.07) is 12.0. The number of fused-ring (bicyclic) bond motifs is 1. The lowest BCUT2D eigenvalue weighted by Crippen LogP contribution is -2.38. The van der Waals surface area contributed by atoms with Gasteiger partial charge in [0.25, 0.3) is 11.8 Å². The van der Waals surface area contributed by atoms with E-state index in [0.717, 1.165) is 42.3 Å². The summed E-state index contributed by atoms with van der Waals surface area (Å²) in [6.45, 7) is 0.00258. The maximum Gasteiger partial charge on any atom is 0.387 e. The highest BCUT2D eigenvalue weighted by Crippen LogP contribution is 2.30. The van der Waals surface area contributed by atoms with Gasteiger partial charge in [0, 0.05) is 42.9 Å². The Balaban J connectivity index is 1.18. The topological polar surface area (TPSA) is 88.8 Å². The van der Waals surface area contributed by atoms with Crippen molar-refractivity contribution in [2.24, 2.45) is 0 Å². The van der Waals surface area contributed by atoms with Crippen molar-refractivity contribution in [2.45, 2.75) is 32.3 Å². The fourth-order valence-electron chi connectivity index (χ4n) is 4.64. The lowest BCUT2D eigenvalue weighted by molar-refractivity contribution is -0.0500. The summed E-state index contributed by atoms with van der Waals surface area (Å²) < 4.78 is 44.8. The summed E-state index contributed by atoms with van der Waals surface area (Å²) in [7, 11) is 0. The number of ether oxygens (including phenoxy) is 1. The number of carbonyl (C=O) groups excluding carboxylic acids is 2. The zero-order valence-corrected chi connectivity index (χ0v) is 20.4. The largest absolute Gasteiger partial charge is 0.435 e. The van der Waals surface area contributed by atoms with Crippen molar-refractivity contribution < 1.29 is 27.5 Å². The molecule has 0 saturated carbocycles. The van der Waals surface area contributed by atoms with E-state index in [-0.39, 0.29) is 23.1 Å². The van der Waals surface area contributed by atoms with Crippen LogP contribution < -0.4 is 10.1 Å². The number of carbonyl (C=O) groups is 2. The average Bonchev–Trinajstić information content (AvgIpc) is 3.38. The van der Waals surface area contributed by atoms with Gasteiger partial charge in [-0.2, -0.15) is 8.78 Å². The minimum Gasteiger partial charge on any atom is -0.435 e. The molecular formula is C27H24F3N5O3. The maximum atomic E-state index is 14.2. The molecule has 0 unspecified atom stereocenters. The third-order valence-electron chi connectivity index (χ3n) is 6.62. The van der Waals surface area contributed by atoms with Crippen molar-refractivity contribution in [3.63, 3.8) is 0 Å². The van der Waals surface area contributed by atoms with Gasteiger partial charge in [-0.15, -0.1) is 0 Å². The molecule has 38 heavy (non-hydrogen) atoms. The number of nitrogens with zero attached hydrogens (tertiary/aromatic N) is 4. The first kappa shape index (κ1) is 25.2. The first-order valence-electron chi connectivity index (χ1n) is 12.0. The van der Waals surface area contributed by atoms with Crippen LogP contribution in [0, 0.1) is 12.7 Å². The quantitative estimate of drug-likeness (QED) is 0.382. The van der Waals surface area contributed by atoms with Gasteiger partial charge in [0.1, 0.15) is 17.3 Å². The molecule has 2 aromatic carbocycles. The third-order valence-corrected chi connectivity index (χ3v) is 6.62. The SMILES string of the molecule is Cc1cc(C(=O)N2CCC(c3ccc(NC(=O)c4ccc(OC(F)F)cc4F)cc3)CC2)nc2nccn12. The van der Waals surface area contributed by atoms with Gasteiger partial charge in [-0.25, -0.2) is 14.4 Å². The van der Waals surface area contributed by atoms with Gasteiger partial charge < -0.3 is 15.0 Å². The number of likely N-dealkylation sites (tertiary alicyclic amines) is 1. The molecule has 2 amide bonds. The number of benzene rings is 2. The van der Waals surface area contributed by atoms with Crippen LogP contribution in [-0.2, 0) is 0 Å². The summed E-state index contributed by atoms with van der Waals surface area (Å²) in [5, 5.41) is 2.61. The smallest absolute Gasteiger partial charge is 0.387 e. The number of anilines is 1. The predicted molar refractivity (Wildman–Crippen MR) is 133 cm³/mol. The van der Waals surface area contributed by atoms with Crippen molar-refractivity contribution >= 4 is 23.3 Å². The van der Waals surface area contributed by atoms with Crippen LogP contribution >= 0.6 is 0 Å². The Hall–Kier alpha value is -4.41. The van der Waals surface area contributed by atoms with Gasteiger partial charge in [-0.05, 0) is 61.6 Å². The molecule has 1 aliphatic heterocycles. The van der Waals surface area contributed by atoms with Crippen molar-refractivity contribution in [2.75, 3.05) is 18.4 Å². The second-order valence-electron chi connectivity index (χ2n) is 9.04. The molecule has 0 radical (unpaired) electrons. The normalized spacial score (nSPS) is 14.2. The minimum absolute atomic E-state index is 0.115. The molecule has 3 heterocycles. The summed E-state index contributed by atoms with van der Waals surface area (Å²) in [5.41, 5.74) is 2.52. The Morgan fingerprint density at radius 1 is 1.08 bits per heavy atom. The molecule has 0 aliphatic carbocycles. The Kier molecular flexibility index (Phi) is 6.99. The zero-order valence-electron chi connectivity index (χ0n) is 20.4. The molecule has 2 aromatic heterocycles. The number of imidazole rings is 1. The number of halogens is 3. The van der Waals surface area contributed by atoms with Crippen LogP contribution in [0.5, 0.6) is 5.75 Å². The second-order valence-corrected chi connectivity index (χ2v) is 9.04. The molecule has 1 N–H and O–H groups in total. The predicted octanol–water partition coefficient (Wildman–Crippen LogP) is 5.05. The number of alkyl halides is 2. The number of piperidine rings is 1. The van der Waals surface area contributed by atoms with Crippen molar-refractivity contribution in [1.29, 1.82) is 0 Å². The first-order chi connectivity index (χ1) is 18.3. The van der Waals surface area contributed by atoms with Gasteiger partial charge in [-0.3, -0.25) is 14.0 Å². The molecule has 0 bridgehead atoms. The van der Waals surface area contributed by atoms with Gasteiger partial charge >= 0.3 is 6.61 Å². The lowest BCUT2D eigenvalue weighted by Gasteiger charge is -2.32. The van der Waals surface area contributed by atoms with Crippen LogP contribution in [-0.4, -0.2) is 50.8 Å². The maximum absolute atomic E-state index is 14.2. The zero-order chi connectivity index (χ0) is 26.8. The lowest BCUT2D eigenvalue weighted by atomic mass is 9.89. The minimum atomic E-state index is -3.08. The molecule has 0 atom stereocenters. The number of aromatic nitrogens is 3. The third kappa shape index (κ3) is 5.31. The molecule has 4 aromatic rings. The van der Waals surface area contributed by atoms with E-state index in [1.165, 1.54) is 0 Å². The van der Waals surface area contributed by atoms with E-state index in [9.17, 15) is 22.8 Å². The van der Waals surface area contributed by atoms with E-state index < -0.39 is 18.3 Å². The number of hydrogen-bond donors (Lipinski definition) is 1. The van der Waals surface area contributed by atoms with Crippen molar-refractivity contribution in [3.05, 3.63) is 89.3 Å². The fourth-order valence-corrected chi connectivity index (χ4v) is 4.64. The van der Waals surface area contributed by atoms with Crippen LogP contribution in [0.25, 0.3) is 5.78 Å². The highest BCUT2D eigenvalue weighted by molar-refractivity contribution is 6.04. The number of aryl methyl sites for hydroxylation is 1. The van der Waals surface area contributed by atoms with Gasteiger partial charge in [0.2, 0.25) is 5.78 Å². The van der Waals surface area contributed by atoms with E-state index in [1.807, 2.05) is 23.5 Å². The van der Waals surface area contributed by atoms with Gasteiger partial charge in [0.05, 0.1) is 5.56 Å². The van der Waals surface area contributed by atoms with E-state index in [0.29, 0.717) is 30.2 Å². The average molecular weight is 524 g/mol. The van der Waals surface area contributed by atoms with Crippen LogP contribution in [0.15, 0.2) is 60.9 Å². The standard InChI is InChI=1S/C27H24F3N5O3/c1-16-14-23(33-27-31-10-13-35(16)27)25(37)34-11-8-18(9-12-34)17-2-4-19(5-3-17)32-24(36)21-7-6-20(15-22(21)28)38-26(29)30/h2-7,10,13-15,18,26H,8-9,11-12H2,1H3,(H,32,36). The number of hydrogen-bond acceptors (Lipinski definition) is 5. The van der Waals surface area contributed by atoms with Crippen LogP contribution in [0.2, 0.25) is 0 Å². The van der Waals surface area contributed by atoms with Gasteiger partial charge in [0.15, 0.2) is 0 Å². The molecule has 1 saturated heterocycles. The van der Waals surface area contributed by atoms with E-state index in [2.05, 4.69) is 20.0 Å². The molecule has 0 spiro atoms. The second kappa shape index (κ2) is 10.5.